The molecule has 1 aromatic heterocycles. The Kier molecular flexibility index (Phi) is 5.99. The first-order chi connectivity index (χ1) is 14.5. The molecule has 0 bridgehead atoms. The lowest BCUT2D eigenvalue weighted by Crippen LogP contribution is -2.53. The quantitative estimate of drug-likeness (QED) is 0.496. The molecule has 1 unspecified atom stereocenters. The number of aliphatic hydroxyl groups excluding tert-OH is 1. The summed E-state index contributed by atoms with van der Waals surface area (Å²) in [6, 6.07) is 12.3. The van der Waals surface area contributed by atoms with Crippen molar-refractivity contribution in [2.24, 2.45) is 17.4 Å². The Morgan fingerprint density at radius 1 is 1.20 bits per heavy atom. The van der Waals surface area contributed by atoms with Crippen LogP contribution in [-0.4, -0.2) is 53.4 Å². The first-order valence-corrected chi connectivity index (χ1v) is 10.6. The number of aliphatic hydroxyl groups is 1. The number of benzene rings is 1. The van der Waals surface area contributed by atoms with Crippen LogP contribution >= 0.6 is 0 Å². The minimum Gasteiger partial charge on any atom is -0.471 e. The number of aromatic nitrogens is 1. The highest BCUT2D eigenvalue weighted by Crippen LogP contribution is 2.27. The van der Waals surface area contributed by atoms with Crippen LogP contribution in [-0.2, 0) is 4.74 Å². The van der Waals surface area contributed by atoms with Gasteiger partial charge in [-0.05, 0) is 56.2 Å². The number of rotatable bonds is 6. The van der Waals surface area contributed by atoms with E-state index in [1.54, 1.807) is 6.08 Å². The number of likely N-dealkylation sites (tertiary alicyclic amines) is 1. The lowest BCUT2D eigenvalue weighted by atomic mass is 9.92. The molecule has 7 heteroatoms. The van der Waals surface area contributed by atoms with E-state index in [2.05, 4.69) is 21.9 Å². The van der Waals surface area contributed by atoms with Crippen LogP contribution in [0.3, 0.4) is 0 Å². The molecule has 2 aromatic rings. The molecule has 0 saturated carbocycles. The number of ether oxygens (including phenoxy) is 1. The normalized spacial score (nSPS) is 20.3. The summed E-state index contributed by atoms with van der Waals surface area (Å²) in [6.07, 6.45) is 4.91. The van der Waals surface area contributed by atoms with E-state index in [0.29, 0.717) is 11.8 Å². The van der Waals surface area contributed by atoms with E-state index >= 15 is 0 Å². The van der Waals surface area contributed by atoms with Gasteiger partial charge >= 0.3 is 0 Å². The molecule has 0 radical (unpaired) electrons. The molecule has 2 aliphatic heterocycles. The van der Waals surface area contributed by atoms with Crippen molar-refractivity contribution in [1.82, 2.24) is 9.88 Å². The summed E-state index contributed by atoms with van der Waals surface area (Å²) < 4.78 is 6.06. The third-order valence-corrected chi connectivity index (χ3v) is 6.12. The molecule has 1 aromatic carbocycles. The van der Waals surface area contributed by atoms with Gasteiger partial charge in [0.2, 0.25) is 5.88 Å². The van der Waals surface area contributed by atoms with Crippen LogP contribution < -0.4 is 16.4 Å². The second kappa shape index (κ2) is 8.83. The Labute approximate surface area is 177 Å². The molecule has 160 valence electrons. The van der Waals surface area contributed by atoms with Crippen molar-refractivity contribution in [2.45, 2.75) is 32.0 Å². The fourth-order valence-corrected chi connectivity index (χ4v) is 4.23. The van der Waals surface area contributed by atoms with Gasteiger partial charge in [0, 0.05) is 18.5 Å². The molecule has 7 nitrogen and oxygen atoms in total. The first kappa shape index (κ1) is 20.3. The van der Waals surface area contributed by atoms with E-state index in [0.717, 1.165) is 61.4 Å². The van der Waals surface area contributed by atoms with Gasteiger partial charge in [-0.3, -0.25) is 0 Å². The van der Waals surface area contributed by atoms with E-state index in [1.165, 1.54) is 6.20 Å². The lowest BCUT2D eigenvalue weighted by molar-refractivity contribution is 0.0677. The molecule has 2 saturated heterocycles. The monoisotopic (exact) mass is 409 g/mol. The van der Waals surface area contributed by atoms with Crippen molar-refractivity contribution in [3.63, 3.8) is 0 Å². The standard InChI is InChI=1S/C23H31N5O2/c1-16(29)17-9-12-27(13-10-17)21(8-11-24)23(25)30-19-14-28(15-19)22-7-6-18-4-2-3-5-20(18)26-22/h2-8,11,16-17,19,29H,9-10,12-15,24-25H2,1H3/b11-8-,23-21-. The first-order valence-electron chi connectivity index (χ1n) is 10.6. The zero-order chi connectivity index (χ0) is 21.1. The van der Waals surface area contributed by atoms with E-state index in [4.69, 9.17) is 21.2 Å². The molecule has 3 heterocycles. The van der Waals surface area contributed by atoms with Crippen LogP contribution in [0.15, 0.2) is 60.3 Å². The smallest absolute Gasteiger partial charge is 0.208 e. The Bertz CT molecular complexity index is 928. The van der Waals surface area contributed by atoms with Gasteiger partial charge in [0.25, 0.3) is 0 Å². The maximum Gasteiger partial charge on any atom is 0.208 e. The van der Waals surface area contributed by atoms with Gasteiger partial charge in [0.05, 0.1) is 30.4 Å². The van der Waals surface area contributed by atoms with Gasteiger partial charge in [0.1, 0.15) is 11.9 Å². The number of anilines is 1. The minimum absolute atomic E-state index is 0.0226. The predicted octanol–water partition coefficient (Wildman–Crippen LogP) is 2.13. The molecule has 5 N–H and O–H groups in total. The summed E-state index contributed by atoms with van der Waals surface area (Å²) in [4.78, 5) is 9.13. The van der Waals surface area contributed by atoms with E-state index in [1.807, 2.05) is 31.2 Å². The van der Waals surface area contributed by atoms with Crippen LogP contribution in [0, 0.1) is 5.92 Å². The molecule has 4 rings (SSSR count). The number of hydrogen-bond donors (Lipinski definition) is 3. The van der Waals surface area contributed by atoms with Crippen LogP contribution in [0.4, 0.5) is 5.82 Å². The topological polar surface area (TPSA) is 101 Å². The van der Waals surface area contributed by atoms with E-state index in [9.17, 15) is 5.11 Å². The van der Waals surface area contributed by atoms with Gasteiger partial charge in [-0.15, -0.1) is 0 Å². The van der Waals surface area contributed by atoms with Gasteiger partial charge in [-0.2, -0.15) is 0 Å². The largest absolute Gasteiger partial charge is 0.471 e. The summed E-state index contributed by atoms with van der Waals surface area (Å²) >= 11 is 0. The third kappa shape index (κ3) is 4.31. The maximum absolute atomic E-state index is 9.83. The lowest BCUT2D eigenvalue weighted by Gasteiger charge is -2.41. The second-order valence-corrected chi connectivity index (χ2v) is 8.18. The Morgan fingerprint density at radius 2 is 1.93 bits per heavy atom. The summed E-state index contributed by atoms with van der Waals surface area (Å²) in [5.41, 5.74) is 13.8. The number of para-hydroxylation sites is 1. The highest BCUT2D eigenvalue weighted by molar-refractivity contribution is 5.80. The Morgan fingerprint density at radius 3 is 2.63 bits per heavy atom. The van der Waals surface area contributed by atoms with Crippen molar-refractivity contribution in [3.05, 3.63) is 60.3 Å². The molecule has 30 heavy (non-hydrogen) atoms. The number of hydrogen-bond acceptors (Lipinski definition) is 7. The fraction of sp³-hybridized carbons (Fsp3) is 0.435. The van der Waals surface area contributed by atoms with E-state index in [-0.39, 0.29) is 12.2 Å². The molecule has 2 fully saturated rings. The van der Waals surface area contributed by atoms with Crippen LogP contribution in [0.5, 0.6) is 0 Å². The fourth-order valence-electron chi connectivity index (χ4n) is 4.23. The van der Waals surface area contributed by atoms with Crippen LogP contribution in [0.1, 0.15) is 19.8 Å². The van der Waals surface area contributed by atoms with Crippen molar-refractivity contribution < 1.29 is 9.84 Å². The van der Waals surface area contributed by atoms with Crippen molar-refractivity contribution in [3.8, 4) is 0 Å². The highest BCUT2D eigenvalue weighted by Gasteiger charge is 2.31. The summed E-state index contributed by atoms with van der Waals surface area (Å²) in [5.74, 6) is 1.70. The van der Waals surface area contributed by atoms with Crippen LogP contribution in [0.2, 0.25) is 0 Å². The summed E-state index contributed by atoms with van der Waals surface area (Å²) in [7, 11) is 0. The molecule has 0 spiro atoms. The molecule has 1 atom stereocenters. The second-order valence-electron chi connectivity index (χ2n) is 8.18. The number of nitrogens with two attached hydrogens (primary N) is 2. The summed E-state index contributed by atoms with van der Waals surface area (Å²) in [6.45, 7) is 5.01. The van der Waals surface area contributed by atoms with Crippen molar-refractivity contribution in [2.75, 3.05) is 31.1 Å². The number of allylic oxidation sites excluding steroid dienone is 1. The molecule has 0 aliphatic carbocycles. The van der Waals surface area contributed by atoms with Gasteiger partial charge in [0.15, 0.2) is 0 Å². The van der Waals surface area contributed by atoms with Gasteiger partial charge in [-0.1, -0.05) is 18.2 Å². The number of piperidine rings is 1. The van der Waals surface area contributed by atoms with E-state index < -0.39 is 0 Å². The maximum atomic E-state index is 9.83. The van der Waals surface area contributed by atoms with Crippen LogP contribution in [0.25, 0.3) is 10.9 Å². The third-order valence-electron chi connectivity index (χ3n) is 6.12. The average molecular weight is 410 g/mol. The zero-order valence-electron chi connectivity index (χ0n) is 17.4. The SMILES string of the molecule is CC(O)C1CCN(C(/C=C\N)=C(/N)OC2CN(c3ccc4ccccc4n3)C2)CC1. The number of nitrogens with zero attached hydrogens (tertiary/aromatic N) is 3. The summed E-state index contributed by atoms with van der Waals surface area (Å²) in [5, 5.41) is 11.0. The van der Waals surface area contributed by atoms with Gasteiger partial charge < -0.3 is 31.1 Å². The zero-order valence-corrected chi connectivity index (χ0v) is 17.4. The predicted molar refractivity (Wildman–Crippen MR) is 119 cm³/mol. The van der Waals surface area contributed by atoms with Crippen molar-refractivity contribution >= 4 is 16.7 Å². The Balaban J connectivity index is 1.37. The van der Waals surface area contributed by atoms with Gasteiger partial charge in [-0.25, -0.2) is 4.98 Å². The molecule has 0 amide bonds. The number of fused-ring (bicyclic) bond motifs is 1. The molecular weight excluding hydrogens is 378 g/mol. The molecule has 2 aliphatic rings. The average Bonchev–Trinajstić information content (AvgIpc) is 2.74. The Hall–Kier alpha value is -2.93. The molecular formula is C23H31N5O2. The minimum atomic E-state index is -0.275. The van der Waals surface area contributed by atoms with Crippen molar-refractivity contribution in [1.29, 1.82) is 0 Å². The highest BCUT2D eigenvalue weighted by atomic mass is 16.5. The number of pyridine rings is 1.